The van der Waals surface area contributed by atoms with Crippen LogP contribution in [-0.4, -0.2) is 26.3 Å². The Bertz CT molecular complexity index is 781. The smallest absolute Gasteiger partial charge is 0.177 e. The van der Waals surface area contributed by atoms with Gasteiger partial charge in [-0.1, -0.05) is 41.9 Å². The molecule has 0 saturated heterocycles. The molecule has 1 aromatic carbocycles. The average molecular weight is 299 g/mol. The number of rotatable bonds is 3. The maximum absolute atomic E-state index is 11.3. The molecule has 5 nitrogen and oxygen atoms in total. The average Bonchev–Trinajstić information content (AvgIpc) is 2.86. The molecule has 104 valence electrons. The van der Waals surface area contributed by atoms with Crippen molar-refractivity contribution in [1.29, 1.82) is 0 Å². The third-order valence-electron chi connectivity index (χ3n) is 3.03. The van der Waals surface area contributed by atoms with Gasteiger partial charge < -0.3 is 0 Å². The van der Waals surface area contributed by atoms with Crippen LogP contribution >= 0.6 is 11.6 Å². The van der Waals surface area contributed by atoms with E-state index >= 15 is 0 Å². The molecule has 21 heavy (non-hydrogen) atoms. The summed E-state index contributed by atoms with van der Waals surface area (Å²) in [5.41, 5.74) is 2.48. The fourth-order valence-corrected chi connectivity index (χ4v) is 2.24. The topological polar surface area (TPSA) is 60.7 Å². The highest BCUT2D eigenvalue weighted by molar-refractivity contribution is 6.32. The highest BCUT2D eigenvalue weighted by Crippen LogP contribution is 2.28. The number of carbonyl (C=O) groups excluding carboxylic acids is 1. The fourth-order valence-electron chi connectivity index (χ4n) is 1.98. The molecule has 3 aromatic rings. The first-order valence-corrected chi connectivity index (χ1v) is 6.68. The quantitative estimate of drug-likeness (QED) is 0.697. The van der Waals surface area contributed by atoms with Crippen molar-refractivity contribution < 1.29 is 4.79 Å². The molecule has 2 aromatic heterocycles. The van der Waals surface area contributed by atoms with Crippen LogP contribution in [0.15, 0.2) is 42.5 Å². The van der Waals surface area contributed by atoms with E-state index in [9.17, 15) is 4.79 Å². The van der Waals surface area contributed by atoms with Crippen LogP contribution in [0.4, 0.5) is 0 Å². The summed E-state index contributed by atoms with van der Waals surface area (Å²) in [4.78, 5) is 11.3. The van der Waals surface area contributed by atoms with Gasteiger partial charge in [-0.15, -0.1) is 5.10 Å². The molecule has 0 spiro atoms. The van der Waals surface area contributed by atoms with Crippen LogP contribution < -0.4 is 0 Å². The number of benzene rings is 1. The number of aromatic nitrogens is 4. The lowest BCUT2D eigenvalue weighted by atomic mass is 10.1. The summed E-state index contributed by atoms with van der Waals surface area (Å²) in [6.45, 7) is 1.84. The van der Waals surface area contributed by atoms with Gasteiger partial charge in [-0.2, -0.15) is 10.2 Å². The van der Waals surface area contributed by atoms with Crippen molar-refractivity contribution in [2.45, 2.75) is 6.92 Å². The second-order valence-electron chi connectivity index (χ2n) is 4.48. The molecule has 6 heteroatoms. The van der Waals surface area contributed by atoms with Gasteiger partial charge in [-0.3, -0.25) is 4.79 Å². The summed E-state index contributed by atoms with van der Waals surface area (Å²) in [5.74, 6) is 0.468. The van der Waals surface area contributed by atoms with E-state index in [0.717, 1.165) is 11.3 Å². The summed E-state index contributed by atoms with van der Waals surface area (Å²) >= 11 is 6.26. The molecule has 3 rings (SSSR count). The molecule has 2 heterocycles. The molecule has 0 aliphatic rings. The van der Waals surface area contributed by atoms with Gasteiger partial charge in [0, 0.05) is 5.56 Å². The van der Waals surface area contributed by atoms with E-state index < -0.39 is 0 Å². The van der Waals surface area contributed by atoms with Gasteiger partial charge >= 0.3 is 0 Å². The number of aryl methyl sites for hydroxylation is 1. The molecular weight excluding hydrogens is 288 g/mol. The van der Waals surface area contributed by atoms with Crippen molar-refractivity contribution in [1.82, 2.24) is 20.0 Å². The Morgan fingerprint density at radius 3 is 2.48 bits per heavy atom. The van der Waals surface area contributed by atoms with Crippen LogP contribution in [0.3, 0.4) is 0 Å². The summed E-state index contributed by atoms with van der Waals surface area (Å²) in [6.07, 6.45) is 0.704. The number of hydrogen-bond donors (Lipinski definition) is 0. The number of halogens is 1. The second kappa shape index (κ2) is 5.46. The summed E-state index contributed by atoms with van der Waals surface area (Å²) in [7, 11) is 0. The van der Waals surface area contributed by atoms with E-state index in [-0.39, 0.29) is 5.15 Å². The third kappa shape index (κ3) is 2.43. The molecular formula is C15H11ClN4O. The first-order chi connectivity index (χ1) is 10.2. The molecule has 0 amide bonds. The Morgan fingerprint density at radius 2 is 1.86 bits per heavy atom. The number of nitrogens with zero attached hydrogens (tertiary/aromatic N) is 4. The van der Waals surface area contributed by atoms with Crippen molar-refractivity contribution >= 4 is 17.9 Å². The van der Waals surface area contributed by atoms with Crippen LogP contribution in [0.25, 0.3) is 17.1 Å². The van der Waals surface area contributed by atoms with E-state index in [2.05, 4.69) is 15.3 Å². The first-order valence-electron chi connectivity index (χ1n) is 6.30. The number of hydrogen-bond acceptors (Lipinski definition) is 4. The number of aldehydes is 1. The Kier molecular flexibility index (Phi) is 3.50. The van der Waals surface area contributed by atoms with E-state index in [1.165, 1.54) is 4.68 Å². The summed E-state index contributed by atoms with van der Waals surface area (Å²) in [6, 6.07) is 13.0. The van der Waals surface area contributed by atoms with E-state index in [1.54, 1.807) is 6.07 Å². The van der Waals surface area contributed by atoms with Crippen molar-refractivity contribution in [2.75, 3.05) is 0 Å². The lowest BCUT2D eigenvalue weighted by Gasteiger charge is -2.00. The molecule has 0 saturated carbocycles. The van der Waals surface area contributed by atoms with Gasteiger partial charge in [0.2, 0.25) is 0 Å². The van der Waals surface area contributed by atoms with E-state index in [4.69, 9.17) is 11.6 Å². The van der Waals surface area contributed by atoms with Crippen molar-refractivity contribution in [2.24, 2.45) is 0 Å². The Balaban J connectivity index is 2.18. The van der Waals surface area contributed by atoms with Gasteiger partial charge in [0.15, 0.2) is 12.1 Å². The largest absolute Gasteiger partial charge is 0.298 e. The highest BCUT2D eigenvalue weighted by Gasteiger charge is 2.18. The van der Waals surface area contributed by atoms with Crippen LogP contribution in [0.1, 0.15) is 16.1 Å². The molecule has 0 aliphatic carbocycles. The van der Waals surface area contributed by atoms with Crippen LogP contribution in [0, 0.1) is 6.92 Å². The monoisotopic (exact) mass is 298 g/mol. The minimum absolute atomic E-state index is 0.224. The van der Waals surface area contributed by atoms with Crippen LogP contribution in [0.2, 0.25) is 5.15 Å². The van der Waals surface area contributed by atoms with Crippen molar-refractivity contribution in [3.63, 3.8) is 0 Å². The Hall–Kier alpha value is -2.53. The standard InChI is InChI=1S/C15H11ClN4O/c1-10-7-8-13(18-17-10)20-15(16)12(9-21)14(19-20)11-5-3-2-4-6-11/h2-9H,1H3. The van der Waals surface area contributed by atoms with Gasteiger partial charge in [0.25, 0.3) is 0 Å². The Labute approximate surface area is 126 Å². The molecule has 0 bridgehead atoms. The minimum Gasteiger partial charge on any atom is -0.298 e. The molecule has 0 fully saturated rings. The predicted molar refractivity (Wildman–Crippen MR) is 79.7 cm³/mol. The first kappa shape index (κ1) is 13.5. The van der Waals surface area contributed by atoms with Gasteiger partial charge in [0.05, 0.1) is 11.3 Å². The maximum Gasteiger partial charge on any atom is 0.177 e. The minimum atomic E-state index is 0.224. The van der Waals surface area contributed by atoms with Gasteiger partial charge in [0.1, 0.15) is 10.8 Å². The van der Waals surface area contributed by atoms with E-state index in [0.29, 0.717) is 23.4 Å². The predicted octanol–water partition coefficient (Wildman–Crippen LogP) is 3.10. The maximum atomic E-state index is 11.3. The van der Waals surface area contributed by atoms with Crippen molar-refractivity contribution in [3.8, 4) is 17.1 Å². The lowest BCUT2D eigenvalue weighted by Crippen LogP contribution is -2.02. The van der Waals surface area contributed by atoms with Gasteiger partial charge in [-0.05, 0) is 19.1 Å². The highest BCUT2D eigenvalue weighted by atomic mass is 35.5. The van der Waals surface area contributed by atoms with Crippen LogP contribution in [-0.2, 0) is 0 Å². The molecule has 0 radical (unpaired) electrons. The normalized spacial score (nSPS) is 10.6. The summed E-state index contributed by atoms with van der Waals surface area (Å²) < 4.78 is 1.42. The van der Waals surface area contributed by atoms with Gasteiger partial charge in [-0.25, -0.2) is 4.68 Å². The third-order valence-corrected chi connectivity index (χ3v) is 3.39. The zero-order chi connectivity index (χ0) is 14.8. The molecule has 0 N–H and O–H groups in total. The number of carbonyl (C=O) groups is 1. The zero-order valence-corrected chi connectivity index (χ0v) is 11.9. The molecule has 0 unspecified atom stereocenters. The second-order valence-corrected chi connectivity index (χ2v) is 4.84. The Morgan fingerprint density at radius 1 is 1.10 bits per heavy atom. The molecule has 0 atom stereocenters. The summed E-state index contributed by atoms with van der Waals surface area (Å²) in [5, 5.41) is 12.6. The van der Waals surface area contributed by atoms with Crippen molar-refractivity contribution in [3.05, 3.63) is 58.9 Å². The SMILES string of the molecule is Cc1ccc(-n2nc(-c3ccccc3)c(C=O)c2Cl)nn1. The van der Waals surface area contributed by atoms with E-state index in [1.807, 2.05) is 43.3 Å². The molecule has 0 aliphatic heterocycles. The van der Waals surface area contributed by atoms with Crippen LogP contribution in [0.5, 0.6) is 0 Å². The lowest BCUT2D eigenvalue weighted by molar-refractivity contribution is 0.112. The fraction of sp³-hybridized carbons (Fsp3) is 0.0667. The zero-order valence-electron chi connectivity index (χ0n) is 11.2.